The van der Waals surface area contributed by atoms with Gasteiger partial charge in [0.15, 0.2) is 0 Å². The molecule has 2 N–H and O–H groups in total. The highest BCUT2D eigenvalue weighted by Crippen LogP contribution is 2.42. The topological polar surface area (TPSA) is 57.4 Å². The molecule has 0 saturated heterocycles. The lowest BCUT2D eigenvalue weighted by Gasteiger charge is -1.86. The molecule has 142 valence electrons. The normalized spacial score (nSPS) is 14.1. The molecule has 0 amide bonds. The van der Waals surface area contributed by atoms with E-state index in [4.69, 9.17) is 0 Å². The van der Waals surface area contributed by atoms with Gasteiger partial charge in [0, 0.05) is 22.1 Å². The Kier molecular flexibility index (Phi) is 5.34. The quantitative estimate of drug-likeness (QED) is 0.254. The lowest BCUT2D eigenvalue weighted by Crippen LogP contribution is -1.77. The van der Waals surface area contributed by atoms with E-state index in [2.05, 4.69) is 61.1 Å². The Morgan fingerprint density at radius 1 is 0.517 bits per heavy atom. The van der Waals surface area contributed by atoms with E-state index < -0.39 is 0 Å². The number of fused-ring (bicyclic) bond motifs is 8. The maximum atomic E-state index is 4.62. The lowest BCUT2D eigenvalue weighted by atomic mass is 10.3. The van der Waals surface area contributed by atoms with Crippen molar-refractivity contribution in [2.24, 2.45) is 0 Å². The Hall–Kier alpha value is -2.61. The summed E-state index contributed by atoms with van der Waals surface area (Å²) in [5.74, 6) is 0. The van der Waals surface area contributed by atoms with Crippen molar-refractivity contribution in [2.75, 3.05) is 0 Å². The van der Waals surface area contributed by atoms with E-state index in [-0.39, 0.29) is 0 Å². The average molecular weight is 433 g/mol. The van der Waals surface area contributed by atoms with Crippen LogP contribution in [0.5, 0.6) is 0 Å². The number of H-pyrrole nitrogens is 2. The van der Waals surface area contributed by atoms with Crippen LogP contribution in [0.3, 0.4) is 0 Å². The third-order valence-electron chi connectivity index (χ3n) is 4.29. The first-order valence-electron chi connectivity index (χ1n) is 8.98. The fourth-order valence-electron chi connectivity index (χ4n) is 3.06. The first-order chi connectivity index (χ1) is 14.3. The van der Waals surface area contributed by atoms with Crippen LogP contribution in [0.1, 0.15) is 22.8 Å². The minimum Gasteiger partial charge on any atom is -0.355 e. The van der Waals surface area contributed by atoms with E-state index in [1.165, 1.54) is 0 Å². The van der Waals surface area contributed by atoms with Crippen molar-refractivity contribution in [1.82, 2.24) is 19.9 Å². The van der Waals surface area contributed by atoms with E-state index in [9.17, 15) is 0 Å². The van der Waals surface area contributed by atoms with Crippen LogP contribution in [0.25, 0.3) is 46.4 Å². The van der Waals surface area contributed by atoms with E-state index in [1.807, 2.05) is 42.5 Å². The summed E-state index contributed by atoms with van der Waals surface area (Å²) in [7, 11) is 5.34. The molecule has 0 spiro atoms. The SMILES string of the molecule is C1=CSSS1.C1=Cc2cc3ccc(cc4ccc(cc5nc(cc1n2)C=C5)[nH]4)[nH]3. The predicted octanol–water partition coefficient (Wildman–Crippen LogP) is 7.16. The Labute approximate surface area is 179 Å². The second kappa shape index (κ2) is 8.41. The van der Waals surface area contributed by atoms with Crippen molar-refractivity contribution in [3.63, 3.8) is 0 Å². The van der Waals surface area contributed by atoms with Gasteiger partial charge >= 0.3 is 0 Å². The van der Waals surface area contributed by atoms with Gasteiger partial charge in [-0.1, -0.05) is 21.6 Å². The molecule has 0 saturated carbocycles. The van der Waals surface area contributed by atoms with Crippen molar-refractivity contribution in [1.29, 1.82) is 0 Å². The summed E-state index contributed by atoms with van der Waals surface area (Å²) in [6.45, 7) is 0. The summed E-state index contributed by atoms with van der Waals surface area (Å²) >= 11 is 0. The zero-order valence-corrected chi connectivity index (χ0v) is 17.7. The highest BCUT2D eigenvalue weighted by molar-refractivity contribution is 9.11. The zero-order valence-electron chi connectivity index (χ0n) is 15.2. The number of aromatic nitrogens is 4. The molecule has 0 aromatic carbocycles. The second-order valence-corrected chi connectivity index (χ2v) is 10.3. The Balaban J connectivity index is 0.000000319. The molecule has 3 aliphatic heterocycles. The molecule has 8 bridgehead atoms. The van der Waals surface area contributed by atoms with Gasteiger partial charge in [-0.15, -0.1) is 0 Å². The van der Waals surface area contributed by atoms with Crippen LogP contribution in [0, 0.1) is 0 Å². The molecular formula is C22H16N4S3. The highest BCUT2D eigenvalue weighted by Gasteiger charge is 2.02. The van der Waals surface area contributed by atoms with E-state index in [0.29, 0.717) is 0 Å². The van der Waals surface area contributed by atoms with Crippen molar-refractivity contribution in [3.8, 4) is 0 Å². The fourth-order valence-corrected chi connectivity index (χ4v) is 6.01. The number of nitrogens with one attached hydrogen (secondary N) is 2. The van der Waals surface area contributed by atoms with Crippen molar-refractivity contribution in [2.45, 2.75) is 0 Å². The smallest absolute Gasteiger partial charge is 0.0659 e. The molecule has 0 atom stereocenters. The van der Waals surface area contributed by atoms with Crippen LogP contribution in [0.4, 0.5) is 0 Å². The molecule has 4 nitrogen and oxygen atoms in total. The molecule has 3 aromatic heterocycles. The largest absolute Gasteiger partial charge is 0.355 e. The van der Waals surface area contributed by atoms with Crippen molar-refractivity contribution < 1.29 is 0 Å². The second-order valence-electron chi connectivity index (χ2n) is 6.44. The zero-order chi connectivity index (χ0) is 19.5. The predicted molar refractivity (Wildman–Crippen MR) is 131 cm³/mol. The van der Waals surface area contributed by atoms with E-state index in [1.54, 1.807) is 31.4 Å². The first-order valence-corrected chi connectivity index (χ1v) is 12.6. The lowest BCUT2D eigenvalue weighted by molar-refractivity contribution is 1.28. The summed E-state index contributed by atoms with van der Waals surface area (Å²) < 4.78 is 0. The average Bonchev–Trinajstić information content (AvgIpc) is 3.50. The Morgan fingerprint density at radius 2 is 0.931 bits per heavy atom. The number of rotatable bonds is 0. The van der Waals surface area contributed by atoms with Crippen LogP contribution >= 0.6 is 31.4 Å². The molecule has 0 unspecified atom stereocenters. The van der Waals surface area contributed by atoms with Gasteiger partial charge in [0.1, 0.15) is 0 Å². The third kappa shape index (κ3) is 4.70. The summed E-state index contributed by atoms with van der Waals surface area (Å²) in [6.07, 6.45) is 8.05. The van der Waals surface area contributed by atoms with Gasteiger partial charge in [0.25, 0.3) is 0 Å². The number of aromatic amines is 2. The fraction of sp³-hybridized carbons (Fsp3) is 0. The molecule has 0 fully saturated rings. The van der Waals surface area contributed by atoms with Gasteiger partial charge in [-0.3, -0.25) is 0 Å². The molecule has 0 aliphatic carbocycles. The molecule has 7 heteroatoms. The van der Waals surface area contributed by atoms with Crippen molar-refractivity contribution in [3.05, 3.63) is 82.1 Å². The van der Waals surface area contributed by atoms with Gasteiger partial charge in [-0.2, -0.15) is 0 Å². The van der Waals surface area contributed by atoms with Gasteiger partial charge in [0.2, 0.25) is 0 Å². The van der Waals surface area contributed by atoms with Gasteiger partial charge in [-0.05, 0) is 93.5 Å². The molecule has 6 rings (SSSR count). The molecular weight excluding hydrogens is 416 g/mol. The monoisotopic (exact) mass is 432 g/mol. The number of hydrogen-bond donors (Lipinski definition) is 2. The minimum absolute atomic E-state index is 0.915. The van der Waals surface area contributed by atoms with Gasteiger partial charge in [-0.25, -0.2) is 9.97 Å². The van der Waals surface area contributed by atoms with Crippen molar-refractivity contribution >= 4 is 77.8 Å². The van der Waals surface area contributed by atoms with Crippen LogP contribution in [0.2, 0.25) is 0 Å². The number of hydrogen-bond acceptors (Lipinski definition) is 5. The van der Waals surface area contributed by atoms with Crippen LogP contribution in [-0.2, 0) is 0 Å². The van der Waals surface area contributed by atoms with Crippen LogP contribution in [0.15, 0.2) is 59.3 Å². The number of nitrogens with zero attached hydrogens (tertiary/aromatic N) is 2. The maximum absolute atomic E-state index is 4.62. The summed E-state index contributed by atoms with van der Waals surface area (Å²) in [4.78, 5) is 16.0. The maximum Gasteiger partial charge on any atom is 0.0659 e. The standard InChI is InChI=1S/C20H14N4.C2H2S3/c1-2-14-10-16-5-6-18(23-16)12-20-8-7-19(24-20)11-17-4-3-15(22-17)9-13(1)21-14;1-2-4-5-3-1/h1-12,21-22H;1-2H. The van der Waals surface area contributed by atoms with E-state index >= 15 is 0 Å². The molecule has 3 aromatic rings. The minimum atomic E-state index is 0.915. The van der Waals surface area contributed by atoms with Crippen LogP contribution in [-0.4, -0.2) is 19.9 Å². The van der Waals surface area contributed by atoms with E-state index in [0.717, 1.165) is 44.8 Å². The summed E-state index contributed by atoms with van der Waals surface area (Å²) in [5, 5.41) is 4.16. The molecule has 0 radical (unpaired) electrons. The molecule has 3 aliphatic rings. The molecule has 6 heterocycles. The summed E-state index contributed by atoms with van der Waals surface area (Å²) in [5.41, 5.74) is 7.86. The van der Waals surface area contributed by atoms with Gasteiger partial charge < -0.3 is 9.97 Å². The molecule has 29 heavy (non-hydrogen) atoms. The van der Waals surface area contributed by atoms with Gasteiger partial charge in [0.05, 0.1) is 22.8 Å². The Morgan fingerprint density at radius 3 is 1.34 bits per heavy atom. The third-order valence-corrected chi connectivity index (χ3v) is 7.66. The summed E-state index contributed by atoms with van der Waals surface area (Å²) in [6, 6.07) is 16.4. The highest BCUT2D eigenvalue weighted by atomic mass is 33.5. The first kappa shape index (κ1) is 18.4. The Bertz CT molecular complexity index is 1200. The van der Waals surface area contributed by atoms with Crippen LogP contribution < -0.4 is 0 Å².